The van der Waals surface area contributed by atoms with Gasteiger partial charge in [0.25, 0.3) is 5.56 Å². The molecule has 2 aliphatic rings. The summed E-state index contributed by atoms with van der Waals surface area (Å²) in [4.78, 5) is 27.6. The largest absolute Gasteiger partial charge is 0.492 e. The Morgan fingerprint density at radius 2 is 1.97 bits per heavy atom. The summed E-state index contributed by atoms with van der Waals surface area (Å²) >= 11 is 0. The first-order valence-corrected chi connectivity index (χ1v) is 10.3. The van der Waals surface area contributed by atoms with Gasteiger partial charge in [0, 0.05) is 25.2 Å². The number of nitrogen functional groups attached to an aromatic ring is 1. The Kier molecular flexibility index (Phi) is 4.77. The predicted octanol–water partition coefficient (Wildman–Crippen LogP) is 0.924. The molecule has 1 aromatic carbocycles. The van der Waals surface area contributed by atoms with Crippen LogP contribution in [-0.2, 0) is 0 Å². The van der Waals surface area contributed by atoms with Crippen LogP contribution < -0.4 is 32.5 Å². The van der Waals surface area contributed by atoms with E-state index in [2.05, 4.69) is 11.0 Å². The zero-order chi connectivity index (χ0) is 21.8. The first-order chi connectivity index (χ1) is 14.2. The van der Waals surface area contributed by atoms with Crippen molar-refractivity contribution in [2.24, 2.45) is 17.1 Å². The molecule has 1 saturated carbocycles. The van der Waals surface area contributed by atoms with E-state index in [9.17, 15) is 14.9 Å². The van der Waals surface area contributed by atoms with E-state index >= 15 is 0 Å². The molecule has 0 radical (unpaired) electrons. The number of hydrogen-bond acceptors (Lipinski definition) is 7. The van der Waals surface area contributed by atoms with Gasteiger partial charge in [-0.15, -0.1) is 0 Å². The molecule has 1 aliphatic heterocycles. The van der Waals surface area contributed by atoms with E-state index in [0.717, 1.165) is 31.5 Å². The molecule has 2 atom stereocenters. The molecule has 9 heteroatoms. The number of nitriles is 1. The summed E-state index contributed by atoms with van der Waals surface area (Å²) in [5.41, 5.74) is 6.05. The topological polar surface area (TPSA) is 132 Å². The van der Waals surface area contributed by atoms with Crippen LogP contribution in [0, 0.1) is 22.7 Å². The normalized spacial score (nSPS) is 20.4. The molecule has 160 valence electrons. The summed E-state index contributed by atoms with van der Waals surface area (Å²) in [7, 11) is 1.55. The molecule has 30 heavy (non-hydrogen) atoms. The molecule has 1 saturated heterocycles. The molecule has 1 aliphatic carbocycles. The third-order valence-corrected chi connectivity index (χ3v) is 6.52. The number of nitrogens with zero attached hydrogens (tertiary/aromatic N) is 4. The van der Waals surface area contributed by atoms with Gasteiger partial charge in [0.1, 0.15) is 5.52 Å². The molecule has 0 bridgehead atoms. The minimum absolute atomic E-state index is 0.0238. The summed E-state index contributed by atoms with van der Waals surface area (Å²) in [6.07, 6.45) is 2.59. The average Bonchev–Trinajstić information content (AvgIpc) is 3.45. The molecule has 0 amide bonds. The highest BCUT2D eigenvalue weighted by atomic mass is 16.5. The zero-order valence-corrected chi connectivity index (χ0v) is 17.6. The Hall–Kier alpha value is -2.99. The Morgan fingerprint density at radius 3 is 2.57 bits per heavy atom. The van der Waals surface area contributed by atoms with Crippen LogP contribution in [0.1, 0.15) is 39.2 Å². The van der Waals surface area contributed by atoms with Gasteiger partial charge in [-0.05, 0) is 51.2 Å². The fourth-order valence-corrected chi connectivity index (χ4v) is 4.49. The van der Waals surface area contributed by atoms with Crippen molar-refractivity contribution in [2.45, 2.75) is 45.2 Å². The van der Waals surface area contributed by atoms with E-state index < -0.39 is 16.7 Å². The van der Waals surface area contributed by atoms with E-state index in [4.69, 9.17) is 16.3 Å². The van der Waals surface area contributed by atoms with E-state index in [-0.39, 0.29) is 18.0 Å². The van der Waals surface area contributed by atoms with Gasteiger partial charge >= 0.3 is 5.69 Å². The summed E-state index contributed by atoms with van der Waals surface area (Å²) in [6, 6.07) is 5.63. The van der Waals surface area contributed by atoms with Crippen LogP contribution in [0.3, 0.4) is 0 Å². The van der Waals surface area contributed by atoms with E-state index in [1.807, 2.05) is 19.9 Å². The molecule has 9 nitrogen and oxygen atoms in total. The molecule has 2 unspecified atom stereocenters. The predicted molar refractivity (Wildman–Crippen MR) is 115 cm³/mol. The van der Waals surface area contributed by atoms with Gasteiger partial charge in [-0.25, -0.2) is 4.79 Å². The molecule has 4 N–H and O–H groups in total. The SMILES string of the molecule is COc1c(N2CCC(C(N)C(C)(C)C#N)C2)ccc2c(=O)n(N)c(=O)n(C3CC3)c12. The maximum atomic E-state index is 12.8. The average molecular weight is 412 g/mol. The Bertz CT molecular complexity index is 1150. The van der Waals surface area contributed by atoms with Crippen molar-refractivity contribution in [1.29, 1.82) is 5.26 Å². The molecule has 4 rings (SSSR count). The maximum Gasteiger partial charge on any atom is 0.350 e. The molecule has 1 aromatic heterocycles. The van der Waals surface area contributed by atoms with Gasteiger partial charge in [0.15, 0.2) is 5.75 Å². The van der Waals surface area contributed by atoms with Crippen molar-refractivity contribution in [2.75, 3.05) is 30.9 Å². The summed E-state index contributed by atoms with van der Waals surface area (Å²) in [6.45, 7) is 5.16. The lowest BCUT2D eigenvalue weighted by Crippen LogP contribution is -2.44. The molecular weight excluding hydrogens is 384 g/mol. The van der Waals surface area contributed by atoms with Crippen LogP contribution in [-0.4, -0.2) is 35.5 Å². The minimum atomic E-state index is -0.618. The highest BCUT2D eigenvalue weighted by Gasteiger charge is 2.38. The fraction of sp³-hybridized carbons (Fsp3) is 0.571. The van der Waals surface area contributed by atoms with Gasteiger partial charge in [0.2, 0.25) is 0 Å². The Morgan fingerprint density at radius 1 is 1.27 bits per heavy atom. The second-order valence-corrected chi connectivity index (χ2v) is 8.93. The quantitative estimate of drug-likeness (QED) is 0.698. The number of aromatic nitrogens is 2. The van der Waals surface area contributed by atoms with Crippen molar-refractivity contribution in [3.63, 3.8) is 0 Å². The lowest BCUT2D eigenvalue weighted by atomic mass is 9.79. The summed E-state index contributed by atoms with van der Waals surface area (Å²) in [5.74, 6) is 6.41. The lowest BCUT2D eigenvalue weighted by molar-refractivity contribution is 0.294. The van der Waals surface area contributed by atoms with Gasteiger partial charge < -0.3 is 21.2 Å². The molecular formula is C21H28N6O3. The lowest BCUT2D eigenvalue weighted by Gasteiger charge is -2.30. The van der Waals surface area contributed by atoms with E-state index in [1.165, 1.54) is 0 Å². The number of ether oxygens (including phenoxy) is 1. The number of nitrogens with two attached hydrogens (primary N) is 2. The second kappa shape index (κ2) is 7.06. The molecule has 2 heterocycles. The summed E-state index contributed by atoms with van der Waals surface area (Å²) < 4.78 is 8.02. The van der Waals surface area contributed by atoms with Gasteiger partial charge in [-0.3, -0.25) is 9.36 Å². The first kappa shape index (κ1) is 20.3. The molecule has 0 spiro atoms. The van der Waals surface area contributed by atoms with E-state index in [0.29, 0.717) is 27.9 Å². The highest BCUT2D eigenvalue weighted by Crippen LogP contribution is 2.42. The minimum Gasteiger partial charge on any atom is -0.492 e. The number of anilines is 1. The van der Waals surface area contributed by atoms with E-state index in [1.54, 1.807) is 17.7 Å². The zero-order valence-electron chi connectivity index (χ0n) is 17.6. The van der Waals surface area contributed by atoms with Crippen molar-refractivity contribution < 1.29 is 4.74 Å². The fourth-order valence-electron chi connectivity index (χ4n) is 4.49. The van der Waals surface area contributed by atoms with Crippen LogP contribution in [0.25, 0.3) is 10.9 Å². The van der Waals surface area contributed by atoms with Gasteiger partial charge in [-0.2, -0.15) is 9.94 Å². The second-order valence-electron chi connectivity index (χ2n) is 8.93. The highest BCUT2D eigenvalue weighted by molar-refractivity contribution is 5.90. The number of hydrogen-bond donors (Lipinski definition) is 2. The number of methoxy groups -OCH3 is 1. The Labute approximate surface area is 174 Å². The standard InChI is InChI=1S/C21H28N6O3/c1-21(2,11-22)18(23)12-8-9-25(10-12)15-7-6-14-16(17(15)30-3)26(13-4-5-13)20(29)27(24)19(14)28/h6-7,12-13,18H,4-5,8-10,23-24H2,1-3H3. The van der Waals surface area contributed by atoms with Gasteiger partial charge in [-0.1, -0.05) is 0 Å². The summed E-state index contributed by atoms with van der Waals surface area (Å²) in [5, 5.41) is 9.80. The van der Waals surface area contributed by atoms with Crippen LogP contribution in [0.4, 0.5) is 5.69 Å². The van der Waals surface area contributed by atoms with Crippen LogP contribution in [0.5, 0.6) is 5.75 Å². The molecule has 2 aromatic rings. The first-order valence-electron chi connectivity index (χ1n) is 10.3. The van der Waals surface area contributed by atoms with Crippen molar-refractivity contribution in [3.05, 3.63) is 33.0 Å². The number of benzene rings is 1. The monoisotopic (exact) mass is 412 g/mol. The van der Waals surface area contributed by atoms with Crippen LogP contribution in [0.2, 0.25) is 0 Å². The van der Waals surface area contributed by atoms with Crippen molar-refractivity contribution in [3.8, 4) is 11.8 Å². The Balaban J connectivity index is 1.81. The maximum absolute atomic E-state index is 12.8. The van der Waals surface area contributed by atoms with Crippen LogP contribution in [0.15, 0.2) is 21.7 Å². The smallest absolute Gasteiger partial charge is 0.350 e. The number of fused-ring (bicyclic) bond motifs is 1. The molecule has 2 fully saturated rings. The third kappa shape index (κ3) is 3.03. The van der Waals surface area contributed by atoms with Crippen molar-refractivity contribution in [1.82, 2.24) is 9.24 Å². The third-order valence-electron chi connectivity index (χ3n) is 6.52. The number of rotatable bonds is 5. The van der Waals surface area contributed by atoms with Crippen LogP contribution >= 0.6 is 0 Å². The van der Waals surface area contributed by atoms with Gasteiger partial charge in [0.05, 0.1) is 29.7 Å². The van der Waals surface area contributed by atoms with Crippen molar-refractivity contribution >= 4 is 16.6 Å².